The lowest BCUT2D eigenvalue weighted by Gasteiger charge is -2.45. The number of rotatable bonds is 3. The summed E-state index contributed by atoms with van der Waals surface area (Å²) in [6, 6.07) is 10.3. The minimum atomic E-state index is -0.653. The van der Waals surface area contributed by atoms with Gasteiger partial charge in [-0.2, -0.15) is 5.26 Å². The van der Waals surface area contributed by atoms with Crippen molar-refractivity contribution in [3.05, 3.63) is 53.1 Å². The summed E-state index contributed by atoms with van der Waals surface area (Å²) >= 11 is 0. The average molecular weight is 593 g/mol. The lowest BCUT2D eigenvalue weighted by molar-refractivity contribution is 0.244. The molecule has 0 aliphatic carbocycles. The molecule has 0 radical (unpaired) electrons. The maximum absolute atomic E-state index is 17.1. The number of terminal acetylenes is 1. The summed E-state index contributed by atoms with van der Waals surface area (Å²) in [5, 5.41) is 26.2. The van der Waals surface area contributed by atoms with Crippen LogP contribution in [0.1, 0.15) is 24.0 Å². The third-order valence-corrected chi connectivity index (χ3v) is 9.86. The van der Waals surface area contributed by atoms with E-state index in [0.29, 0.717) is 65.2 Å². The second kappa shape index (κ2) is 9.68. The van der Waals surface area contributed by atoms with Gasteiger partial charge in [-0.05, 0) is 62.2 Å². The van der Waals surface area contributed by atoms with Crippen LogP contribution >= 0.6 is 0 Å². The highest BCUT2D eigenvalue weighted by Crippen LogP contribution is 2.49. The molecular formula is C34H30F2N6O2. The van der Waals surface area contributed by atoms with Crippen LogP contribution in [0.4, 0.5) is 20.3 Å². The van der Waals surface area contributed by atoms with Crippen LogP contribution in [0, 0.1) is 35.3 Å². The van der Waals surface area contributed by atoms with Gasteiger partial charge in [-0.25, -0.2) is 13.8 Å². The van der Waals surface area contributed by atoms with Gasteiger partial charge in [0.2, 0.25) is 0 Å². The number of hydrogen-bond acceptors (Lipinski definition) is 8. The number of nitriles is 1. The van der Waals surface area contributed by atoms with E-state index >= 15 is 4.39 Å². The predicted molar refractivity (Wildman–Crippen MR) is 165 cm³/mol. The average Bonchev–Trinajstić information content (AvgIpc) is 3.28. The number of nitrogens with zero attached hydrogens (tertiary/aromatic N) is 5. The van der Waals surface area contributed by atoms with Crippen molar-refractivity contribution in [1.82, 2.24) is 15.2 Å². The Hall–Kier alpha value is -4.64. The summed E-state index contributed by atoms with van der Waals surface area (Å²) in [5.41, 5.74) is 1.43. The smallest absolute Gasteiger partial charge is 0.157 e. The van der Waals surface area contributed by atoms with Gasteiger partial charge in [-0.15, -0.1) is 6.42 Å². The minimum absolute atomic E-state index is 0.0208. The number of nitrogens with one attached hydrogen (secondary N) is 1. The number of hydrogen-bond donors (Lipinski definition) is 2. The first-order valence-corrected chi connectivity index (χ1v) is 14.9. The number of aromatic hydroxyl groups is 1. The van der Waals surface area contributed by atoms with E-state index in [-0.39, 0.29) is 52.1 Å². The van der Waals surface area contributed by atoms with Crippen molar-refractivity contribution in [3.63, 3.8) is 0 Å². The fraction of sp³-hybridized carbons (Fsp3) is 0.353. The van der Waals surface area contributed by atoms with Crippen molar-refractivity contribution >= 4 is 33.2 Å². The zero-order chi connectivity index (χ0) is 30.4. The van der Waals surface area contributed by atoms with Gasteiger partial charge in [0.25, 0.3) is 0 Å². The number of anilines is 2. The Morgan fingerprint density at radius 1 is 1.09 bits per heavy atom. The Bertz CT molecular complexity index is 1980. The Morgan fingerprint density at radius 2 is 1.91 bits per heavy atom. The molecule has 3 fully saturated rings. The van der Waals surface area contributed by atoms with E-state index < -0.39 is 11.6 Å². The number of pyridine rings is 1. The third kappa shape index (κ3) is 3.78. The molecule has 1 aromatic heterocycles. The molecule has 0 spiro atoms. The second-order valence-electron chi connectivity index (χ2n) is 12.5. The number of phenols is 1. The van der Waals surface area contributed by atoms with E-state index in [9.17, 15) is 14.8 Å². The molecule has 222 valence electrons. The van der Waals surface area contributed by atoms with Gasteiger partial charge in [-0.3, -0.25) is 0 Å². The van der Waals surface area contributed by atoms with Crippen LogP contribution in [0.25, 0.3) is 32.8 Å². The highest BCUT2D eigenvalue weighted by atomic mass is 19.1. The van der Waals surface area contributed by atoms with Crippen LogP contribution in [0.3, 0.4) is 0 Å². The Balaban J connectivity index is 1.44. The van der Waals surface area contributed by atoms with Crippen LogP contribution in [0.5, 0.6) is 11.5 Å². The molecule has 4 aliphatic heterocycles. The van der Waals surface area contributed by atoms with Gasteiger partial charge < -0.3 is 29.9 Å². The fourth-order valence-corrected chi connectivity index (χ4v) is 7.54. The van der Waals surface area contributed by atoms with Crippen molar-refractivity contribution in [2.24, 2.45) is 0 Å². The summed E-state index contributed by atoms with van der Waals surface area (Å²) in [5.74, 6) is 1.86. The Morgan fingerprint density at radius 3 is 2.66 bits per heavy atom. The van der Waals surface area contributed by atoms with Crippen molar-refractivity contribution in [3.8, 4) is 41.0 Å². The molecule has 3 unspecified atom stereocenters. The van der Waals surface area contributed by atoms with E-state index in [1.807, 2.05) is 19.0 Å². The molecule has 8 nitrogen and oxygen atoms in total. The summed E-state index contributed by atoms with van der Waals surface area (Å²) in [6.07, 6.45) is 7.75. The topological polar surface area (TPSA) is 87.9 Å². The predicted octanol–water partition coefficient (Wildman–Crippen LogP) is 4.34. The fourth-order valence-electron chi connectivity index (χ4n) is 7.54. The lowest BCUT2D eigenvalue weighted by Crippen LogP contribution is -2.60. The number of phenolic OH excluding ortho intramolecular Hbond substituents is 1. The number of aromatic nitrogens is 1. The van der Waals surface area contributed by atoms with Crippen molar-refractivity contribution in [2.45, 2.75) is 37.0 Å². The molecule has 4 aromatic rings. The van der Waals surface area contributed by atoms with E-state index in [2.05, 4.69) is 27.1 Å². The number of halogens is 2. The highest BCUT2D eigenvalue weighted by molar-refractivity contribution is 6.08. The molecular weight excluding hydrogens is 562 g/mol. The van der Waals surface area contributed by atoms with Crippen LogP contribution in [-0.2, 0) is 0 Å². The number of benzene rings is 3. The van der Waals surface area contributed by atoms with Crippen LogP contribution in [-0.4, -0.2) is 79.5 Å². The van der Waals surface area contributed by atoms with E-state index in [1.165, 1.54) is 24.3 Å². The monoisotopic (exact) mass is 592 g/mol. The zero-order valence-corrected chi connectivity index (χ0v) is 24.4. The van der Waals surface area contributed by atoms with E-state index in [1.54, 1.807) is 6.07 Å². The summed E-state index contributed by atoms with van der Waals surface area (Å²) in [6.45, 7) is 2.31. The van der Waals surface area contributed by atoms with Crippen LogP contribution in [0.15, 0.2) is 30.3 Å². The van der Waals surface area contributed by atoms with Gasteiger partial charge in [0.15, 0.2) is 5.82 Å². The first-order valence-electron chi connectivity index (χ1n) is 14.9. The molecule has 3 saturated heterocycles. The summed E-state index contributed by atoms with van der Waals surface area (Å²) < 4.78 is 38.5. The number of likely N-dealkylation sites (N-methyl/N-ethyl adjacent to an activating group) is 1. The molecule has 0 amide bonds. The van der Waals surface area contributed by atoms with Crippen molar-refractivity contribution in [1.29, 1.82) is 5.26 Å². The maximum atomic E-state index is 17.1. The molecule has 0 saturated carbocycles. The van der Waals surface area contributed by atoms with E-state index in [0.717, 1.165) is 12.8 Å². The summed E-state index contributed by atoms with van der Waals surface area (Å²) in [7, 11) is 4.02. The number of ether oxygens (including phenoxy) is 1. The van der Waals surface area contributed by atoms with Crippen molar-refractivity contribution < 1.29 is 18.6 Å². The Labute approximate surface area is 253 Å². The quantitative estimate of drug-likeness (QED) is 0.340. The molecule has 10 heteroatoms. The summed E-state index contributed by atoms with van der Waals surface area (Å²) in [4.78, 5) is 11.2. The van der Waals surface area contributed by atoms with E-state index in [4.69, 9.17) is 16.1 Å². The zero-order valence-electron chi connectivity index (χ0n) is 24.4. The van der Waals surface area contributed by atoms with Gasteiger partial charge in [-0.1, -0.05) is 12.0 Å². The Kier molecular flexibility index (Phi) is 5.93. The third-order valence-electron chi connectivity index (χ3n) is 9.86. The highest BCUT2D eigenvalue weighted by Gasteiger charge is 2.45. The molecule has 2 bridgehead atoms. The van der Waals surface area contributed by atoms with Gasteiger partial charge in [0.1, 0.15) is 46.9 Å². The van der Waals surface area contributed by atoms with Gasteiger partial charge >= 0.3 is 0 Å². The molecule has 5 heterocycles. The molecule has 44 heavy (non-hydrogen) atoms. The first kappa shape index (κ1) is 26.9. The minimum Gasteiger partial charge on any atom is -0.508 e. The first-order chi connectivity index (χ1) is 21.3. The molecule has 2 N–H and O–H groups in total. The number of piperazine rings is 1. The standard InChI is InChI=1S/C34H30F2N6O2/c1-4-21-25(35)7-5-17-9-20(43)10-22(29(17)21)23-11-28-30-32(31(23)36)39-34(41-14-19(15-41)40(2)3)24(12-37)33(30)42-13-18-6-8-26(38-18)27(42)16-44-28/h1,5,7,9-11,18-19,26-27,38,43H,6,8,13-16H2,2-3H3. The number of fused-ring (bicyclic) bond motifs is 6. The molecule has 8 rings (SSSR count). The normalized spacial score (nSPS) is 22.4. The van der Waals surface area contributed by atoms with Crippen LogP contribution in [0.2, 0.25) is 0 Å². The SMILES string of the molecule is C#Cc1c(F)ccc2cc(O)cc(-c3cc4c5c(c(C#N)c(N6CC(N(C)C)C6)nc5c3F)N3CC5CCC(N5)C3CO4)c12. The van der Waals surface area contributed by atoms with Crippen molar-refractivity contribution in [2.75, 3.05) is 50.1 Å². The molecule has 4 aliphatic rings. The van der Waals surface area contributed by atoms with Gasteiger partial charge in [0.05, 0.1) is 22.7 Å². The largest absolute Gasteiger partial charge is 0.508 e. The molecule has 3 aromatic carbocycles. The van der Waals surface area contributed by atoms with Gasteiger partial charge in [0, 0.05) is 48.7 Å². The second-order valence-corrected chi connectivity index (χ2v) is 12.5. The van der Waals surface area contributed by atoms with Crippen LogP contribution < -0.4 is 19.9 Å². The maximum Gasteiger partial charge on any atom is 0.157 e. The molecule has 3 atom stereocenters. The lowest BCUT2D eigenvalue weighted by atomic mass is 9.92.